The Balaban J connectivity index is 1.19. The Bertz CT molecular complexity index is 1420. The standard InChI is InChI=1S/C29H37N7O4S/c1-33(2)13-14-34-15-17-35(18-16-34)28(37)24-3-7-25(8-4-24)31-29-30-12-11-27(32-29)23-5-9-26(10-6-23)41(38,39)36-19-21-40-22-20-36/h3-12H,13-22H2,1-2H3,(H,30,31,32). The average Bonchev–Trinajstić information content (AvgIpc) is 3.01. The first kappa shape index (κ1) is 29.1. The zero-order chi connectivity index (χ0) is 28.8. The van der Waals surface area contributed by atoms with E-state index in [-0.39, 0.29) is 10.8 Å². The molecule has 0 saturated carbocycles. The van der Waals surface area contributed by atoms with Gasteiger partial charge >= 0.3 is 0 Å². The molecular formula is C29H37N7O4S. The molecule has 0 bridgehead atoms. The second-order valence-corrected chi connectivity index (χ2v) is 12.4. The molecular weight excluding hydrogens is 542 g/mol. The number of rotatable bonds is 9. The van der Waals surface area contributed by atoms with Gasteiger partial charge in [-0.3, -0.25) is 9.69 Å². The predicted octanol–water partition coefficient (Wildman–Crippen LogP) is 2.23. The Morgan fingerprint density at radius 1 is 0.927 bits per heavy atom. The Morgan fingerprint density at radius 3 is 2.27 bits per heavy atom. The highest BCUT2D eigenvalue weighted by molar-refractivity contribution is 7.89. The summed E-state index contributed by atoms with van der Waals surface area (Å²) in [7, 11) is 0.589. The summed E-state index contributed by atoms with van der Waals surface area (Å²) in [5, 5.41) is 3.20. The topological polar surface area (TPSA) is 111 Å². The lowest BCUT2D eigenvalue weighted by Gasteiger charge is -2.35. The SMILES string of the molecule is CN(C)CCN1CCN(C(=O)c2ccc(Nc3nccc(-c4ccc(S(=O)(=O)N5CCOCC5)cc4)n3)cc2)CC1. The minimum atomic E-state index is -3.56. The van der Waals surface area contributed by atoms with Crippen LogP contribution < -0.4 is 5.32 Å². The second kappa shape index (κ2) is 13.0. The molecule has 1 N–H and O–H groups in total. The van der Waals surface area contributed by atoms with E-state index >= 15 is 0 Å². The molecule has 0 radical (unpaired) electrons. The molecule has 2 fully saturated rings. The average molecular weight is 580 g/mol. The highest BCUT2D eigenvalue weighted by Gasteiger charge is 2.26. The van der Waals surface area contributed by atoms with E-state index in [4.69, 9.17) is 4.74 Å². The number of ether oxygens (including phenoxy) is 1. The molecule has 218 valence electrons. The normalized spacial score (nSPS) is 17.1. The first-order valence-electron chi connectivity index (χ1n) is 13.8. The maximum absolute atomic E-state index is 13.0. The first-order chi connectivity index (χ1) is 19.8. The van der Waals surface area contributed by atoms with Gasteiger partial charge < -0.3 is 19.9 Å². The Hall–Kier alpha value is -3.42. The Kier molecular flexibility index (Phi) is 9.25. The monoisotopic (exact) mass is 579 g/mol. The van der Waals surface area contributed by atoms with Crippen LogP contribution in [0, 0.1) is 0 Å². The molecule has 0 aliphatic carbocycles. The summed E-state index contributed by atoms with van der Waals surface area (Å²) in [5.41, 5.74) is 2.85. The summed E-state index contributed by atoms with van der Waals surface area (Å²) >= 11 is 0. The first-order valence-corrected chi connectivity index (χ1v) is 15.3. The van der Waals surface area contributed by atoms with Crippen LogP contribution in [-0.4, -0.2) is 123 Å². The van der Waals surface area contributed by atoms with E-state index < -0.39 is 10.0 Å². The summed E-state index contributed by atoms with van der Waals surface area (Å²) in [4.78, 5) is 28.7. The third-order valence-corrected chi connectivity index (χ3v) is 9.24. The molecule has 1 amide bonds. The van der Waals surface area contributed by atoms with E-state index in [1.807, 2.05) is 29.2 Å². The molecule has 1 aromatic heterocycles. The number of likely N-dealkylation sites (N-methyl/N-ethyl adjacent to an activating group) is 1. The number of piperazine rings is 1. The smallest absolute Gasteiger partial charge is 0.253 e. The van der Waals surface area contributed by atoms with Gasteiger partial charge in [-0.05, 0) is 56.6 Å². The fourth-order valence-electron chi connectivity index (χ4n) is 4.84. The van der Waals surface area contributed by atoms with Gasteiger partial charge in [0.2, 0.25) is 16.0 Å². The highest BCUT2D eigenvalue weighted by Crippen LogP contribution is 2.24. The molecule has 2 aliphatic rings. The number of hydrogen-bond acceptors (Lipinski definition) is 9. The van der Waals surface area contributed by atoms with Gasteiger partial charge in [-0.1, -0.05) is 12.1 Å². The molecule has 0 spiro atoms. The summed E-state index contributed by atoms with van der Waals surface area (Å²) in [6, 6.07) is 15.8. The second-order valence-electron chi connectivity index (χ2n) is 10.4. The lowest BCUT2D eigenvalue weighted by molar-refractivity contribution is 0.0629. The van der Waals surface area contributed by atoms with Crippen molar-refractivity contribution in [1.29, 1.82) is 0 Å². The van der Waals surface area contributed by atoms with E-state index in [1.54, 1.807) is 36.5 Å². The van der Waals surface area contributed by atoms with Gasteiger partial charge in [0.25, 0.3) is 5.91 Å². The van der Waals surface area contributed by atoms with Crippen molar-refractivity contribution in [2.75, 3.05) is 85.0 Å². The van der Waals surface area contributed by atoms with Crippen LogP contribution in [0.4, 0.5) is 11.6 Å². The fourth-order valence-corrected chi connectivity index (χ4v) is 6.25. The number of anilines is 2. The van der Waals surface area contributed by atoms with Crippen molar-refractivity contribution in [1.82, 2.24) is 29.0 Å². The molecule has 5 rings (SSSR count). The maximum Gasteiger partial charge on any atom is 0.253 e. The fraction of sp³-hybridized carbons (Fsp3) is 0.414. The molecule has 41 heavy (non-hydrogen) atoms. The number of nitrogens with zero attached hydrogens (tertiary/aromatic N) is 6. The minimum Gasteiger partial charge on any atom is -0.379 e. The van der Waals surface area contributed by atoms with E-state index in [2.05, 4.69) is 39.2 Å². The molecule has 3 aromatic rings. The lowest BCUT2D eigenvalue weighted by atomic mass is 10.1. The number of hydrogen-bond donors (Lipinski definition) is 1. The third kappa shape index (κ3) is 7.27. The molecule has 0 unspecified atom stereocenters. The van der Waals surface area contributed by atoms with Gasteiger partial charge in [0.05, 0.1) is 23.8 Å². The number of carbonyl (C=O) groups excluding carboxylic acids is 1. The summed E-state index contributed by atoms with van der Waals surface area (Å²) in [5.74, 6) is 0.446. The van der Waals surface area contributed by atoms with E-state index in [0.29, 0.717) is 43.5 Å². The molecule has 3 heterocycles. The van der Waals surface area contributed by atoms with Crippen LogP contribution in [0.5, 0.6) is 0 Å². The molecule has 0 atom stereocenters. The van der Waals surface area contributed by atoms with Crippen molar-refractivity contribution in [2.45, 2.75) is 4.90 Å². The van der Waals surface area contributed by atoms with Crippen LogP contribution >= 0.6 is 0 Å². The lowest BCUT2D eigenvalue weighted by Crippen LogP contribution is -2.49. The van der Waals surface area contributed by atoms with E-state index in [9.17, 15) is 13.2 Å². The van der Waals surface area contributed by atoms with Crippen molar-refractivity contribution in [3.63, 3.8) is 0 Å². The number of carbonyl (C=O) groups is 1. The van der Waals surface area contributed by atoms with Gasteiger partial charge in [0.1, 0.15) is 0 Å². The number of aromatic nitrogens is 2. The van der Waals surface area contributed by atoms with Gasteiger partial charge in [-0.25, -0.2) is 18.4 Å². The maximum atomic E-state index is 13.0. The number of amides is 1. The van der Waals surface area contributed by atoms with Crippen LogP contribution in [0.25, 0.3) is 11.3 Å². The van der Waals surface area contributed by atoms with Gasteiger partial charge in [0, 0.05) is 75.4 Å². The van der Waals surface area contributed by atoms with Crippen molar-refractivity contribution >= 4 is 27.6 Å². The largest absolute Gasteiger partial charge is 0.379 e. The number of benzene rings is 2. The Morgan fingerprint density at radius 2 is 1.61 bits per heavy atom. The van der Waals surface area contributed by atoms with Crippen molar-refractivity contribution in [3.05, 3.63) is 66.4 Å². The predicted molar refractivity (Wildman–Crippen MR) is 158 cm³/mol. The van der Waals surface area contributed by atoms with Crippen LogP contribution in [0.15, 0.2) is 65.7 Å². The molecule has 2 saturated heterocycles. The third-order valence-electron chi connectivity index (χ3n) is 7.32. The zero-order valence-electron chi connectivity index (χ0n) is 23.6. The van der Waals surface area contributed by atoms with Gasteiger partial charge in [0.15, 0.2) is 0 Å². The van der Waals surface area contributed by atoms with Crippen molar-refractivity contribution in [2.24, 2.45) is 0 Å². The van der Waals surface area contributed by atoms with Crippen molar-refractivity contribution in [3.8, 4) is 11.3 Å². The van der Waals surface area contributed by atoms with Crippen LogP contribution in [0.2, 0.25) is 0 Å². The van der Waals surface area contributed by atoms with Crippen molar-refractivity contribution < 1.29 is 17.9 Å². The minimum absolute atomic E-state index is 0.0427. The van der Waals surface area contributed by atoms with Crippen LogP contribution in [-0.2, 0) is 14.8 Å². The molecule has 12 heteroatoms. The number of morpholine rings is 1. The van der Waals surface area contributed by atoms with Crippen LogP contribution in [0.3, 0.4) is 0 Å². The van der Waals surface area contributed by atoms with Gasteiger partial charge in [-0.15, -0.1) is 0 Å². The summed E-state index contributed by atoms with van der Waals surface area (Å²) < 4.78 is 32.5. The Labute approximate surface area is 241 Å². The summed E-state index contributed by atoms with van der Waals surface area (Å²) in [6.45, 7) is 6.78. The van der Waals surface area contributed by atoms with E-state index in [0.717, 1.165) is 50.5 Å². The summed E-state index contributed by atoms with van der Waals surface area (Å²) in [6.07, 6.45) is 1.65. The number of sulfonamides is 1. The van der Waals surface area contributed by atoms with E-state index in [1.165, 1.54) is 4.31 Å². The van der Waals surface area contributed by atoms with Gasteiger partial charge in [-0.2, -0.15) is 4.31 Å². The molecule has 11 nitrogen and oxygen atoms in total. The zero-order valence-corrected chi connectivity index (χ0v) is 24.4. The molecule has 2 aliphatic heterocycles. The quantitative estimate of drug-likeness (QED) is 0.408. The van der Waals surface area contributed by atoms with Crippen LogP contribution in [0.1, 0.15) is 10.4 Å². The molecule has 2 aromatic carbocycles. The highest BCUT2D eigenvalue weighted by atomic mass is 32.2. The number of nitrogens with one attached hydrogen (secondary N) is 1.